The zero-order valence-electron chi connectivity index (χ0n) is 11.4. The summed E-state index contributed by atoms with van der Waals surface area (Å²) in [6.07, 6.45) is 0.373. The Morgan fingerprint density at radius 2 is 1.95 bits per heavy atom. The summed E-state index contributed by atoms with van der Waals surface area (Å²) in [4.78, 5) is 11.7. The van der Waals surface area contributed by atoms with Crippen LogP contribution in [0.3, 0.4) is 0 Å². The van der Waals surface area contributed by atoms with Crippen LogP contribution in [0, 0.1) is 11.6 Å². The van der Waals surface area contributed by atoms with Crippen molar-refractivity contribution in [1.82, 2.24) is 15.0 Å². The van der Waals surface area contributed by atoms with Gasteiger partial charge in [0.15, 0.2) is 17.3 Å². The monoisotopic (exact) mass is 289 g/mol. The molecule has 0 fully saturated rings. The smallest absolute Gasteiger partial charge is 0.215 e. The predicted molar refractivity (Wildman–Crippen MR) is 74.2 cm³/mol. The molecular weight excluding hydrogens is 276 g/mol. The van der Waals surface area contributed by atoms with Crippen LogP contribution in [0.5, 0.6) is 5.88 Å². The van der Waals surface area contributed by atoms with Crippen LogP contribution in [-0.4, -0.2) is 21.6 Å². The third-order valence-corrected chi connectivity index (χ3v) is 3.02. The molecule has 0 unspecified atom stereocenters. The normalized spacial score (nSPS) is 11.0. The van der Waals surface area contributed by atoms with E-state index in [1.54, 1.807) is 6.07 Å². The van der Waals surface area contributed by atoms with Crippen molar-refractivity contribution in [1.29, 1.82) is 0 Å². The van der Waals surface area contributed by atoms with E-state index >= 15 is 0 Å². The number of nitrogens with one attached hydrogen (secondary N) is 1. The van der Waals surface area contributed by atoms with E-state index in [1.165, 1.54) is 12.1 Å². The van der Waals surface area contributed by atoms with Crippen molar-refractivity contribution in [2.75, 3.05) is 6.61 Å². The van der Waals surface area contributed by atoms with Gasteiger partial charge in [0.2, 0.25) is 5.88 Å². The summed E-state index contributed by atoms with van der Waals surface area (Å²) >= 11 is 0. The Hall–Kier alpha value is -2.50. The number of imidazole rings is 1. The molecule has 4 nitrogen and oxygen atoms in total. The van der Waals surface area contributed by atoms with Gasteiger partial charge >= 0.3 is 0 Å². The topological polar surface area (TPSA) is 50.8 Å². The van der Waals surface area contributed by atoms with Crippen LogP contribution in [0.1, 0.15) is 18.3 Å². The Kier molecular flexibility index (Phi) is 3.51. The average Bonchev–Trinajstić information content (AvgIpc) is 2.85. The number of nitrogens with zero attached hydrogens (tertiary/aromatic N) is 2. The van der Waals surface area contributed by atoms with Gasteiger partial charge in [0.25, 0.3) is 0 Å². The van der Waals surface area contributed by atoms with Gasteiger partial charge in [0, 0.05) is 12.5 Å². The van der Waals surface area contributed by atoms with E-state index in [9.17, 15) is 8.78 Å². The van der Waals surface area contributed by atoms with Crippen molar-refractivity contribution >= 4 is 11.2 Å². The highest BCUT2D eigenvalue weighted by Gasteiger charge is 2.08. The molecule has 0 saturated heterocycles. The molecule has 0 atom stereocenters. The maximum atomic E-state index is 13.2. The molecule has 0 aliphatic carbocycles. The van der Waals surface area contributed by atoms with Gasteiger partial charge in [-0.2, -0.15) is 4.98 Å². The van der Waals surface area contributed by atoms with E-state index in [0.29, 0.717) is 35.9 Å². The lowest BCUT2D eigenvalue weighted by atomic mass is 10.1. The lowest BCUT2D eigenvalue weighted by Crippen LogP contribution is -1.94. The second-order valence-corrected chi connectivity index (χ2v) is 4.56. The number of H-pyrrole nitrogens is 1. The van der Waals surface area contributed by atoms with Crippen molar-refractivity contribution in [3.05, 3.63) is 53.4 Å². The molecule has 2 aromatic heterocycles. The number of pyridine rings is 1. The van der Waals surface area contributed by atoms with Crippen LogP contribution in [-0.2, 0) is 6.42 Å². The predicted octanol–water partition coefficient (Wildman–Crippen LogP) is 3.23. The van der Waals surface area contributed by atoms with Gasteiger partial charge in [-0.05, 0) is 30.7 Å². The third kappa shape index (κ3) is 2.84. The minimum Gasteiger partial charge on any atom is -0.478 e. The highest BCUT2D eigenvalue weighted by molar-refractivity contribution is 5.71. The quantitative estimate of drug-likeness (QED) is 0.802. The fourth-order valence-corrected chi connectivity index (χ4v) is 2.08. The lowest BCUT2D eigenvalue weighted by molar-refractivity contribution is 0.328. The molecule has 1 N–H and O–H groups in total. The number of rotatable bonds is 4. The van der Waals surface area contributed by atoms with E-state index < -0.39 is 11.6 Å². The second-order valence-electron chi connectivity index (χ2n) is 4.56. The number of aromatic amines is 1. The average molecular weight is 289 g/mol. The molecule has 21 heavy (non-hydrogen) atoms. The molecular formula is C15H13F2N3O. The number of ether oxygens (including phenoxy) is 1. The number of fused-ring (bicyclic) bond motifs is 1. The van der Waals surface area contributed by atoms with Crippen LogP contribution < -0.4 is 4.74 Å². The molecule has 0 amide bonds. The van der Waals surface area contributed by atoms with Crippen molar-refractivity contribution in [2.24, 2.45) is 0 Å². The summed E-state index contributed by atoms with van der Waals surface area (Å²) in [5, 5.41) is 0. The molecule has 0 bridgehead atoms. The number of hydrogen-bond donors (Lipinski definition) is 1. The third-order valence-electron chi connectivity index (χ3n) is 3.02. The Bertz CT molecular complexity index is 786. The Balaban J connectivity index is 1.88. The van der Waals surface area contributed by atoms with E-state index in [0.717, 1.165) is 11.6 Å². The highest BCUT2D eigenvalue weighted by atomic mass is 19.2. The molecule has 3 rings (SSSR count). The summed E-state index contributed by atoms with van der Waals surface area (Å²) in [6.45, 7) is 2.41. The minimum atomic E-state index is -0.861. The molecule has 0 spiro atoms. The van der Waals surface area contributed by atoms with Crippen molar-refractivity contribution in [2.45, 2.75) is 13.3 Å². The van der Waals surface area contributed by atoms with Crippen LogP contribution in [0.15, 0.2) is 30.3 Å². The summed E-state index contributed by atoms with van der Waals surface area (Å²) in [7, 11) is 0. The van der Waals surface area contributed by atoms with E-state index in [2.05, 4.69) is 15.0 Å². The van der Waals surface area contributed by atoms with E-state index in [1.807, 2.05) is 13.0 Å². The molecule has 108 valence electrons. The SMILES string of the molecule is CCOc1ccc2[nH]c(Cc3ccc(F)c(F)c3)nc2n1. The zero-order valence-corrected chi connectivity index (χ0v) is 11.4. The largest absolute Gasteiger partial charge is 0.478 e. The Morgan fingerprint density at radius 3 is 2.71 bits per heavy atom. The first-order valence-corrected chi connectivity index (χ1v) is 6.58. The molecule has 0 saturated carbocycles. The van der Waals surface area contributed by atoms with E-state index in [4.69, 9.17) is 4.74 Å². The first-order valence-electron chi connectivity index (χ1n) is 6.58. The first-order chi connectivity index (χ1) is 10.2. The molecule has 2 heterocycles. The van der Waals surface area contributed by atoms with Crippen LogP contribution in [0.4, 0.5) is 8.78 Å². The molecule has 0 aliphatic heterocycles. The van der Waals surface area contributed by atoms with Gasteiger partial charge in [0.1, 0.15) is 5.82 Å². The van der Waals surface area contributed by atoms with E-state index in [-0.39, 0.29) is 0 Å². The number of hydrogen-bond acceptors (Lipinski definition) is 3. The van der Waals surface area contributed by atoms with Crippen molar-refractivity contribution < 1.29 is 13.5 Å². The number of benzene rings is 1. The van der Waals surface area contributed by atoms with Gasteiger partial charge in [-0.25, -0.2) is 13.8 Å². The summed E-state index contributed by atoms with van der Waals surface area (Å²) in [5.41, 5.74) is 1.95. The summed E-state index contributed by atoms with van der Waals surface area (Å²) < 4.78 is 31.4. The van der Waals surface area contributed by atoms with Gasteiger partial charge in [-0.3, -0.25) is 0 Å². The van der Waals surface area contributed by atoms with Gasteiger partial charge < -0.3 is 9.72 Å². The van der Waals surface area contributed by atoms with Crippen molar-refractivity contribution in [3.63, 3.8) is 0 Å². The van der Waals surface area contributed by atoms with Crippen LogP contribution in [0.25, 0.3) is 11.2 Å². The zero-order chi connectivity index (χ0) is 14.8. The van der Waals surface area contributed by atoms with Gasteiger partial charge in [-0.15, -0.1) is 0 Å². The standard InChI is InChI=1S/C15H13F2N3O/c1-2-21-14-6-5-12-15(20-14)19-13(18-12)8-9-3-4-10(16)11(17)7-9/h3-7H,2,8H2,1H3,(H,18,19,20). The fourth-order valence-electron chi connectivity index (χ4n) is 2.08. The first kappa shape index (κ1) is 13.5. The lowest BCUT2D eigenvalue weighted by Gasteiger charge is -1.99. The molecule has 3 aromatic rings. The number of aromatic nitrogens is 3. The molecule has 6 heteroatoms. The number of halogens is 2. The van der Waals surface area contributed by atoms with Crippen molar-refractivity contribution in [3.8, 4) is 5.88 Å². The fraction of sp³-hybridized carbons (Fsp3) is 0.200. The molecule has 1 aromatic carbocycles. The summed E-state index contributed by atoms with van der Waals surface area (Å²) in [6, 6.07) is 7.39. The van der Waals surface area contributed by atoms with Crippen LogP contribution in [0.2, 0.25) is 0 Å². The minimum absolute atomic E-state index is 0.373. The maximum Gasteiger partial charge on any atom is 0.215 e. The molecule has 0 aliphatic rings. The van der Waals surface area contributed by atoms with Crippen LogP contribution >= 0.6 is 0 Å². The maximum absolute atomic E-state index is 13.2. The Morgan fingerprint density at radius 1 is 1.10 bits per heavy atom. The molecule has 0 radical (unpaired) electrons. The summed E-state index contributed by atoms with van der Waals surface area (Å²) in [5.74, 6) is -0.570. The Labute approximate surface area is 119 Å². The van der Waals surface area contributed by atoms with Gasteiger partial charge in [-0.1, -0.05) is 6.07 Å². The highest BCUT2D eigenvalue weighted by Crippen LogP contribution is 2.17. The van der Waals surface area contributed by atoms with Gasteiger partial charge in [0.05, 0.1) is 12.1 Å². The second kappa shape index (κ2) is 5.47.